The van der Waals surface area contributed by atoms with Crippen LogP contribution in [0.5, 0.6) is 0 Å². The Morgan fingerprint density at radius 1 is 1.32 bits per heavy atom. The molecular weight excluding hydrogens is 322 g/mol. The highest BCUT2D eigenvalue weighted by atomic mass is 79.9. The van der Waals surface area contributed by atoms with E-state index in [-0.39, 0.29) is 0 Å². The van der Waals surface area contributed by atoms with Gasteiger partial charge in [0.25, 0.3) is 0 Å². The van der Waals surface area contributed by atoms with Crippen LogP contribution in [0.25, 0.3) is 0 Å². The Bertz CT molecular complexity index is 462. The molecule has 1 nitrogen and oxygen atoms in total. The van der Waals surface area contributed by atoms with Crippen molar-refractivity contribution in [1.82, 2.24) is 0 Å². The molecule has 1 aromatic carbocycles. The van der Waals surface area contributed by atoms with E-state index in [0.29, 0.717) is 0 Å². The number of alkyl halides is 1. The van der Waals surface area contributed by atoms with Gasteiger partial charge in [0.2, 0.25) is 0 Å². The molecule has 1 aromatic rings. The van der Waals surface area contributed by atoms with Crippen molar-refractivity contribution in [3.05, 3.63) is 28.8 Å². The Labute approximate surface area is 129 Å². The predicted octanol–water partition coefficient (Wildman–Crippen LogP) is 5.11. The average Bonchev–Trinajstić information content (AvgIpc) is 3.00. The van der Waals surface area contributed by atoms with Crippen LogP contribution in [0, 0.1) is 17.8 Å². The maximum Gasteiger partial charge on any atom is 0.0467 e. The number of fused-ring (bicyclic) bond motifs is 2. The molecular formula is C16H21BrClN. The van der Waals surface area contributed by atoms with Crippen molar-refractivity contribution in [3.8, 4) is 0 Å². The number of nitrogens with zero attached hydrogens (tertiary/aromatic N) is 1. The highest BCUT2D eigenvalue weighted by molar-refractivity contribution is 9.08. The van der Waals surface area contributed by atoms with E-state index in [4.69, 9.17) is 11.6 Å². The first kappa shape index (κ1) is 13.8. The van der Waals surface area contributed by atoms with E-state index in [1.807, 2.05) is 0 Å². The molecule has 104 valence electrons. The zero-order valence-electron chi connectivity index (χ0n) is 11.4. The lowest BCUT2D eigenvalue weighted by Crippen LogP contribution is -2.28. The normalized spacial score (nSPS) is 28.9. The van der Waals surface area contributed by atoms with Crippen molar-refractivity contribution < 1.29 is 0 Å². The molecule has 0 saturated heterocycles. The molecule has 3 rings (SSSR count). The summed E-state index contributed by atoms with van der Waals surface area (Å²) in [4.78, 5) is 2.38. The molecule has 3 heteroatoms. The lowest BCUT2D eigenvalue weighted by atomic mass is 9.88. The molecule has 2 bridgehead atoms. The summed E-state index contributed by atoms with van der Waals surface area (Å²) >= 11 is 9.76. The average molecular weight is 343 g/mol. The van der Waals surface area contributed by atoms with Crippen LogP contribution in [0.4, 0.5) is 5.69 Å². The topological polar surface area (TPSA) is 3.24 Å². The number of halogens is 2. The molecule has 19 heavy (non-hydrogen) atoms. The summed E-state index contributed by atoms with van der Waals surface area (Å²) in [5.41, 5.74) is 2.41. The van der Waals surface area contributed by atoms with Crippen LogP contribution in [-0.4, -0.2) is 13.6 Å². The standard InChI is InChI=1S/C16H21BrClN/c1-19(10-14-7-11-2-3-12(14)6-11)15-5-4-13(9-17)16(18)8-15/h4-5,8,11-12,14H,2-3,6-7,9-10H2,1H3. The number of hydrogen-bond donors (Lipinski definition) is 0. The summed E-state index contributed by atoms with van der Waals surface area (Å²) in [5.74, 6) is 2.92. The maximum atomic E-state index is 6.30. The Kier molecular flexibility index (Phi) is 4.09. The molecule has 0 heterocycles. The van der Waals surface area contributed by atoms with E-state index in [0.717, 1.165) is 28.1 Å². The first-order chi connectivity index (χ1) is 9.17. The fourth-order valence-corrected chi connectivity index (χ4v) is 4.83. The quantitative estimate of drug-likeness (QED) is 0.687. The second kappa shape index (κ2) is 5.65. The molecule has 3 atom stereocenters. The van der Waals surface area contributed by atoms with Gasteiger partial charge >= 0.3 is 0 Å². The highest BCUT2D eigenvalue weighted by Crippen LogP contribution is 2.48. The van der Waals surface area contributed by atoms with Crippen LogP contribution in [0.15, 0.2) is 18.2 Å². The van der Waals surface area contributed by atoms with Gasteiger partial charge in [-0.2, -0.15) is 0 Å². The Morgan fingerprint density at radius 3 is 2.74 bits per heavy atom. The summed E-state index contributed by atoms with van der Waals surface area (Å²) in [6.07, 6.45) is 5.88. The van der Waals surface area contributed by atoms with Crippen molar-refractivity contribution in [3.63, 3.8) is 0 Å². The summed E-state index contributed by atoms with van der Waals surface area (Å²) in [5, 5.41) is 1.69. The smallest absolute Gasteiger partial charge is 0.0467 e. The van der Waals surface area contributed by atoms with Crippen molar-refractivity contribution in [1.29, 1.82) is 0 Å². The third-order valence-corrected chi connectivity index (χ3v) is 5.97. The van der Waals surface area contributed by atoms with E-state index in [1.54, 1.807) is 0 Å². The van der Waals surface area contributed by atoms with Crippen molar-refractivity contribution >= 4 is 33.2 Å². The molecule has 0 radical (unpaired) electrons. The van der Waals surface area contributed by atoms with Gasteiger partial charge in [-0.25, -0.2) is 0 Å². The minimum Gasteiger partial charge on any atom is -0.374 e. The molecule has 3 unspecified atom stereocenters. The number of benzene rings is 1. The summed E-state index contributed by atoms with van der Waals surface area (Å²) in [6, 6.07) is 6.42. The molecule has 0 aromatic heterocycles. The third-order valence-electron chi connectivity index (χ3n) is 5.01. The molecule has 0 aliphatic heterocycles. The molecule has 0 spiro atoms. The van der Waals surface area contributed by atoms with Crippen molar-refractivity contribution in [2.45, 2.75) is 31.0 Å². The van der Waals surface area contributed by atoms with Crippen LogP contribution in [0.2, 0.25) is 5.02 Å². The van der Waals surface area contributed by atoms with E-state index in [1.165, 1.54) is 43.5 Å². The zero-order valence-corrected chi connectivity index (χ0v) is 13.8. The van der Waals surface area contributed by atoms with Gasteiger partial charge in [-0.3, -0.25) is 0 Å². The van der Waals surface area contributed by atoms with Crippen molar-refractivity contribution in [2.24, 2.45) is 17.8 Å². The monoisotopic (exact) mass is 341 g/mol. The minimum absolute atomic E-state index is 0.822. The number of hydrogen-bond acceptors (Lipinski definition) is 1. The SMILES string of the molecule is CN(CC1CC2CCC1C2)c1ccc(CBr)c(Cl)c1. The van der Waals surface area contributed by atoms with E-state index in [9.17, 15) is 0 Å². The fraction of sp³-hybridized carbons (Fsp3) is 0.625. The Morgan fingerprint density at radius 2 is 2.16 bits per heavy atom. The van der Waals surface area contributed by atoms with Gasteiger partial charge in [0.1, 0.15) is 0 Å². The molecule has 2 aliphatic rings. The van der Waals surface area contributed by atoms with Crippen LogP contribution < -0.4 is 4.90 Å². The molecule has 2 saturated carbocycles. The van der Waals surface area contributed by atoms with Crippen molar-refractivity contribution in [2.75, 3.05) is 18.5 Å². The second-order valence-electron chi connectivity index (χ2n) is 6.22. The Hall–Kier alpha value is -0.210. The van der Waals surface area contributed by atoms with Gasteiger partial charge in [0.15, 0.2) is 0 Å². The van der Waals surface area contributed by atoms with E-state index < -0.39 is 0 Å². The summed E-state index contributed by atoms with van der Waals surface area (Å²) < 4.78 is 0. The number of anilines is 1. The van der Waals surface area contributed by atoms with E-state index in [2.05, 4.69) is 46.1 Å². The van der Waals surface area contributed by atoms with Gasteiger partial charge in [0, 0.05) is 29.6 Å². The molecule has 2 aliphatic carbocycles. The van der Waals surface area contributed by atoms with Gasteiger partial charge in [0.05, 0.1) is 0 Å². The van der Waals surface area contributed by atoms with Crippen LogP contribution >= 0.6 is 27.5 Å². The lowest BCUT2D eigenvalue weighted by Gasteiger charge is -2.28. The molecule has 2 fully saturated rings. The highest BCUT2D eigenvalue weighted by Gasteiger charge is 2.39. The van der Waals surface area contributed by atoms with Crippen LogP contribution in [-0.2, 0) is 5.33 Å². The van der Waals surface area contributed by atoms with Gasteiger partial charge in [-0.05, 0) is 54.7 Å². The Balaban J connectivity index is 1.67. The molecule has 0 N–H and O–H groups in total. The van der Waals surface area contributed by atoms with Gasteiger partial charge in [-0.1, -0.05) is 40.0 Å². The van der Waals surface area contributed by atoms with Gasteiger partial charge < -0.3 is 4.90 Å². The minimum atomic E-state index is 0.822. The summed E-state index contributed by atoms with van der Waals surface area (Å²) in [7, 11) is 2.20. The second-order valence-corrected chi connectivity index (χ2v) is 7.19. The fourth-order valence-electron chi connectivity index (χ4n) is 3.94. The van der Waals surface area contributed by atoms with Gasteiger partial charge in [-0.15, -0.1) is 0 Å². The predicted molar refractivity (Wildman–Crippen MR) is 86.3 cm³/mol. The summed E-state index contributed by atoms with van der Waals surface area (Å²) in [6.45, 7) is 1.19. The van der Waals surface area contributed by atoms with Crippen LogP contribution in [0.3, 0.4) is 0 Å². The van der Waals surface area contributed by atoms with E-state index >= 15 is 0 Å². The first-order valence-electron chi connectivity index (χ1n) is 7.23. The molecule has 0 amide bonds. The maximum absolute atomic E-state index is 6.30. The first-order valence-corrected chi connectivity index (χ1v) is 8.73. The lowest BCUT2D eigenvalue weighted by molar-refractivity contribution is 0.337. The third kappa shape index (κ3) is 2.80. The largest absolute Gasteiger partial charge is 0.374 e. The number of rotatable bonds is 4. The van der Waals surface area contributed by atoms with Crippen LogP contribution in [0.1, 0.15) is 31.2 Å². The zero-order chi connectivity index (χ0) is 13.4.